The maximum atomic E-state index is 13.1. The van der Waals surface area contributed by atoms with Gasteiger partial charge in [0.25, 0.3) is 0 Å². The molecule has 0 unspecified atom stereocenters. The van der Waals surface area contributed by atoms with Crippen molar-refractivity contribution in [2.24, 2.45) is 0 Å². The van der Waals surface area contributed by atoms with Crippen LogP contribution in [0.15, 0.2) is 48.8 Å². The molecule has 0 aliphatic rings. The van der Waals surface area contributed by atoms with Crippen LogP contribution in [0.2, 0.25) is 5.02 Å². The van der Waals surface area contributed by atoms with Crippen molar-refractivity contribution in [3.8, 4) is 11.3 Å². The summed E-state index contributed by atoms with van der Waals surface area (Å²) in [7, 11) is 1.73. The first kappa shape index (κ1) is 15.2. The summed E-state index contributed by atoms with van der Waals surface area (Å²) in [5.74, 6) is 0.596. The Morgan fingerprint density at radius 1 is 1.13 bits per heavy atom. The molecule has 116 valence electrons. The van der Waals surface area contributed by atoms with Crippen LogP contribution >= 0.6 is 11.6 Å². The quantitative estimate of drug-likeness (QED) is 0.754. The molecule has 0 saturated heterocycles. The van der Waals surface area contributed by atoms with Crippen molar-refractivity contribution in [2.45, 2.75) is 0 Å². The minimum atomic E-state index is -0.393. The first-order valence-electron chi connectivity index (χ1n) is 6.85. The Morgan fingerprint density at radius 2 is 2.00 bits per heavy atom. The Morgan fingerprint density at radius 3 is 2.70 bits per heavy atom. The fraction of sp³-hybridized carbons (Fsp3) is 0.0625. The minimum Gasteiger partial charge on any atom is -0.357 e. The normalized spacial score (nSPS) is 10.4. The average Bonchev–Trinajstić information content (AvgIpc) is 2.58. The number of rotatable bonds is 4. The van der Waals surface area contributed by atoms with Gasteiger partial charge in [0, 0.05) is 31.1 Å². The molecule has 0 atom stereocenters. The van der Waals surface area contributed by atoms with Crippen molar-refractivity contribution in [3.05, 3.63) is 59.6 Å². The van der Waals surface area contributed by atoms with Crippen molar-refractivity contribution >= 4 is 29.1 Å². The van der Waals surface area contributed by atoms with Crippen LogP contribution in [0.25, 0.3) is 11.3 Å². The molecule has 0 bridgehead atoms. The number of nitrogens with zero attached hydrogens (tertiary/aromatic N) is 3. The van der Waals surface area contributed by atoms with E-state index in [-0.39, 0.29) is 5.02 Å². The van der Waals surface area contributed by atoms with Crippen molar-refractivity contribution in [1.29, 1.82) is 0 Å². The van der Waals surface area contributed by atoms with Gasteiger partial charge in [-0.2, -0.15) is 4.98 Å². The van der Waals surface area contributed by atoms with Gasteiger partial charge in [0.15, 0.2) is 0 Å². The van der Waals surface area contributed by atoms with Gasteiger partial charge in [-0.3, -0.25) is 4.98 Å². The monoisotopic (exact) mass is 329 g/mol. The Bertz CT molecular complexity index is 826. The third-order valence-corrected chi connectivity index (χ3v) is 3.41. The van der Waals surface area contributed by atoms with Crippen molar-refractivity contribution in [3.63, 3.8) is 0 Å². The van der Waals surface area contributed by atoms with Gasteiger partial charge < -0.3 is 10.6 Å². The van der Waals surface area contributed by atoms with Gasteiger partial charge in [-0.1, -0.05) is 11.6 Å². The molecule has 1 aromatic carbocycles. The zero-order valence-electron chi connectivity index (χ0n) is 12.2. The molecule has 0 amide bonds. The predicted molar refractivity (Wildman–Crippen MR) is 89.5 cm³/mol. The van der Waals surface area contributed by atoms with E-state index in [4.69, 9.17) is 11.6 Å². The van der Waals surface area contributed by atoms with Crippen LogP contribution in [0, 0.1) is 5.82 Å². The Balaban J connectivity index is 1.99. The molecule has 7 heteroatoms. The number of hydrogen-bond acceptors (Lipinski definition) is 5. The van der Waals surface area contributed by atoms with E-state index in [0.29, 0.717) is 23.1 Å². The molecule has 0 spiro atoms. The molecule has 23 heavy (non-hydrogen) atoms. The Hall–Kier alpha value is -2.73. The predicted octanol–water partition coefficient (Wildman–Crippen LogP) is 4.12. The molecule has 0 fully saturated rings. The standard InChI is InChI=1S/C16H13ClFN5/c1-19-16-22-14(10-3-2-6-20-9-10)8-15(23-16)21-13-5-4-11(18)7-12(13)17/h2-9H,1H3,(H2,19,21,22,23). The molecular formula is C16H13ClFN5. The topological polar surface area (TPSA) is 62.7 Å². The highest BCUT2D eigenvalue weighted by molar-refractivity contribution is 6.33. The zero-order valence-corrected chi connectivity index (χ0v) is 13.0. The van der Waals surface area contributed by atoms with E-state index in [9.17, 15) is 4.39 Å². The van der Waals surface area contributed by atoms with E-state index in [1.165, 1.54) is 12.1 Å². The molecule has 0 saturated carbocycles. The summed E-state index contributed by atoms with van der Waals surface area (Å²) in [5.41, 5.74) is 2.13. The lowest BCUT2D eigenvalue weighted by molar-refractivity contribution is 0.628. The van der Waals surface area contributed by atoms with E-state index in [0.717, 1.165) is 5.56 Å². The number of anilines is 3. The van der Waals surface area contributed by atoms with Crippen molar-refractivity contribution in [1.82, 2.24) is 15.0 Å². The van der Waals surface area contributed by atoms with Gasteiger partial charge in [-0.25, -0.2) is 9.37 Å². The van der Waals surface area contributed by atoms with Gasteiger partial charge in [-0.15, -0.1) is 0 Å². The van der Waals surface area contributed by atoms with E-state index in [1.807, 2.05) is 12.1 Å². The van der Waals surface area contributed by atoms with Gasteiger partial charge >= 0.3 is 0 Å². The summed E-state index contributed by atoms with van der Waals surface area (Å²) in [4.78, 5) is 12.8. The number of aromatic nitrogens is 3. The van der Waals surface area contributed by atoms with E-state index in [1.54, 1.807) is 31.6 Å². The maximum Gasteiger partial charge on any atom is 0.224 e. The molecule has 3 aromatic rings. The van der Waals surface area contributed by atoms with Gasteiger partial charge in [0.2, 0.25) is 5.95 Å². The first-order chi connectivity index (χ1) is 11.2. The van der Waals surface area contributed by atoms with Crippen molar-refractivity contribution in [2.75, 3.05) is 17.7 Å². The smallest absolute Gasteiger partial charge is 0.224 e. The molecule has 0 aliphatic heterocycles. The Kier molecular flexibility index (Phi) is 4.34. The van der Waals surface area contributed by atoms with E-state index >= 15 is 0 Å². The van der Waals surface area contributed by atoms with Crippen molar-refractivity contribution < 1.29 is 4.39 Å². The molecule has 0 aliphatic carbocycles. The van der Waals surface area contributed by atoms with Crippen LogP contribution in [-0.2, 0) is 0 Å². The van der Waals surface area contributed by atoms with E-state index < -0.39 is 5.82 Å². The summed E-state index contributed by atoms with van der Waals surface area (Å²) in [6, 6.07) is 9.65. The summed E-state index contributed by atoms with van der Waals surface area (Å²) in [5, 5.41) is 6.26. The highest BCUT2D eigenvalue weighted by atomic mass is 35.5. The summed E-state index contributed by atoms with van der Waals surface area (Å²) in [6.45, 7) is 0. The molecule has 5 nitrogen and oxygen atoms in total. The van der Waals surface area contributed by atoms with E-state index in [2.05, 4.69) is 25.6 Å². The molecule has 2 heterocycles. The maximum absolute atomic E-state index is 13.1. The average molecular weight is 330 g/mol. The van der Waals surface area contributed by atoms with Gasteiger partial charge in [-0.05, 0) is 30.3 Å². The largest absolute Gasteiger partial charge is 0.357 e. The summed E-state index contributed by atoms with van der Waals surface area (Å²) >= 11 is 6.04. The van der Waals surface area contributed by atoms with Crippen LogP contribution in [0.5, 0.6) is 0 Å². The van der Waals surface area contributed by atoms with Gasteiger partial charge in [0.1, 0.15) is 11.6 Å². The van der Waals surface area contributed by atoms with Crippen LogP contribution < -0.4 is 10.6 Å². The third-order valence-electron chi connectivity index (χ3n) is 3.10. The number of nitrogens with one attached hydrogen (secondary N) is 2. The lowest BCUT2D eigenvalue weighted by Crippen LogP contribution is -2.02. The minimum absolute atomic E-state index is 0.276. The van der Waals surface area contributed by atoms with Crippen LogP contribution in [-0.4, -0.2) is 22.0 Å². The number of pyridine rings is 1. The highest BCUT2D eigenvalue weighted by Gasteiger charge is 2.08. The van der Waals surface area contributed by atoms with Crippen LogP contribution in [0.3, 0.4) is 0 Å². The highest BCUT2D eigenvalue weighted by Crippen LogP contribution is 2.27. The lowest BCUT2D eigenvalue weighted by atomic mass is 10.2. The second-order valence-corrected chi connectivity index (χ2v) is 5.11. The number of benzene rings is 1. The molecule has 3 rings (SSSR count). The van der Waals surface area contributed by atoms with Crippen LogP contribution in [0.1, 0.15) is 0 Å². The SMILES string of the molecule is CNc1nc(Nc2ccc(F)cc2Cl)cc(-c2cccnc2)n1. The number of hydrogen-bond donors (Lipinski definition) is 2. The molecule has 2 N–H and O–H groups in total. The lowest BCUT2D eigenvalue weighted by Gasteiger charge is -2.11. The molecule has 2 aromatic heterocycles. The molecular weight excluding hydrogens is 317 g/mol. The number of halogens is 2. The fourth-order valence-corrected chi connectivity index (χ4v) is 2.23. The summed E-state index contributed by atoms with van der Waals surface area (Å²) < 4.78 is 13.1. The fourth-order valence-electron chi connectivity index (χ4n) is 2.01. The Labute approximate surface area is 137 Å². The third kappa shape index (κ3) is 3.54. The van der Waals surface area contributed by atoms with Crippen LogP contribution in [0.4, 0.5) is 21.8 Å². The second kappa shape index (κ2) is 6.58. The second-order valence-electron chi connectivity index (χ2n) is 4.70. The summed E-state index contributed by atoms with van der Waals surface area (Å²) in [6.07, 6.45) is 3.41. The van der Waals surface area contributed by atoms with Gasteiger partial charge in [0.05, 0.1) is 16.4 Å². The first-order valence-corrected chi connectivity index (χ1v) is 7.23. The zero-order chi connectivity index (χ0) is 16.2. The molecule has 0 radical (unpaired) electrons.